The Morgan fingerprint density at radius 1 is 0.643 bits per heavy atom. The van der Waals surface area contributed by atoms with Gasteiger partial charge in [0, 0.05) is 28.2 Å². The molecule has 0 fully saturated rings. The van der Waals surface area contributed by atoms with E-state index in [4.69, 9.17) is 0 Å². The lowest BCUT2D eigenvalue weighted by molar-refractivity contribution is -0.204. The molecule has 12 nitrogen and oxygen atoms in total. The van der Waals surface area contributed by atoms with Crippen LogP contribution in [0, 0.1) is 13.8 Å². The quantitative estimate of drug-likeness (QED) is 0.314. The largest absolute Gasteiger partial charge is 0.465 e. The molecular weight excluding hydrogens is 612 g/mol. The Bertz CT molecular complexity index is 1360. The predicted molar refractivity (Wildman–Crippen MR) is 144 cm³/mol. The van der Waals surface area contributed by atoms with Crippen molar-refractivity contribution >= 4 is 68.2 Å². The van der Waals surface area contributed by atoms with Gasteiger partial charge in [-0.2, -0.15) is 17.6 Å². The van der Waals surface area contributed by atoms with Gasteiger partial charge in [0.15, 0.2) is 0 Å². The fraction of sp³-hybridized carbons (Fsp3) is 0.417. The number of carbonyl (C=O) groups excluding carboxylic acids is 6. The van der Waals surface area contributed by atoms with Crippen molar-refractivity contribution < 1.29 is 55.8 Å². The van der Waals surface area contributed by atoms with Crippen LogP contribution in [-0.4, -0.2) is 99.6 Å². The molecule has 0 bridgehead atoms. The third-order valence-corrected chi connectivity index (χ3v) is 8.08. The van der Waals surface area contributed by atoms with Crippen LogP contribution >= 0.6 is 22.7 Å². The van der Waals surface area contributed by atoms with Crippen LogP contribution in [0.2, 0.25) is 0 Å². The van der Waals surface area contributed by atoms with Crippen molar-refractivity contribution in [2.24, 2.45) is 0 Å². The van der Waals surface area contributed by atoms with E-state index in [0.29, 0.717) is 22.7 Å². The molecule has 2 N–H and O–H groups in total. The fourth-order valence-electron chi connectivity index (χ4n) is 3.36. The number of alkyl halides is 4. The van der Waals surface area contributed by atoms with Gasteiger partial charge in [-0.15, -0.1) is 22.7 Å². The average molecular weight is 639 g/mol. The number of nitrogens with zero attached hydrogens (tertiary/aromatic N) is 2. The maximum absolute atomic E-state index is 14.9. The number of amides is 4. The number of halogens is 4. The summed E-state index contributed by atoms with van der Waals surface area (Å²) in [7, 11) is 7.27. The second-order valence-electron chi connectivity index (χ2n) is 8.96. The number of thiophene rings is 2. The number of nitrogens with one attached hydrogen (secondary N) is 2. The summed E-state index contributed by atoms with van der Waals surface area (Å²) in [4.78, 5) is 76.2. The van der Waals surface area contributed by atoms with Crippen LogP contribution in [0.4, 0.5) is 27.6 Å². The van der Waals surface area contributed by atoms with Gasteiger partial charge >= 0.3 is 35.6 Å². The fourth-order valence-corrected chi connectivity index (χ4v) is 5.78. The van der Waals surface area contributed by atoms with E-state index in [1.165, 1.54) is 52.7 Å². The minimum Gasteiger partial charge on any atom is -0.465 e. The molecule has 4 amide bonds. The SMILES string of the molecule is COC(=O)c1c(NC(=O)C(F)(F)C(F)(F)C(=O)Nc2sc(C(=O)N(C)C)c(C)c2C(=O)OC)sc(C(=O)N(C)C)c1C. The van der Waals surface area contributed by atoms with Crippen LogP contribution in [0.3, 0.4) is 0 Å². The molecule has 2 aromatic heterocycles. The highest BCUT2D eigenvalue weighted by atomic mass is 32.1. The van der Waals surface area contributed by atoms with E-state index in [0.717, 1.165) is 24.0 Å². The second kappa shape index (κ2) is 12.4. The summed E-state index contributed by atoms with van der Waals surface area (Å²) in [5.74, 6) is -20.5. The molecule has 42 heavy (non-hydrogen) atoms. The number of anilines is 2. The molecular formula is C24H26F4N4O8S2. The van der Waals surface area contributed by atoms with Crippen molar-refractivity contribution in [3.63, 3.8) is 0 Å². The Kier molecular flexibility index (Phi) is 10.1. The molecule has 2 rings (SSSR count). The third-order valence-electron chi connectivity index (χ3n) is 5.69. The van der Waals surface area contributed by atoms with Gasteiger partial charge in [0.25, 0.3) is 11.8 Å². The average Bonchev–Trinajstić information content (AvgIpc) is 3.41. The van der Waals surface area contributed by atoms with Crippen molar-refractivity contribution in [1.29, 1.82) is 0 Å². The van der Waals surface area contributed by atoms with Gasteiger partial charge in [-0.1, -0.05) is 0 Å². The molecule has 0 aromatic carbocycles. The summed E-state index contributed by atoms with van der Waals surface area (Å²) in [6.45, 7) is 2.51. The molecule has 0 aliphatic rings. The third kappa shape index (κ3) is 6.08. The van der Waals surface area contributed by atoms with Gasteiger partial charge < -0.3 is 29.9 Å². The highest BCUT2D eigenvalue weighted by Crippen LogP contribution is 2.41. The number of ether oxygens (including phenoxy) is 2. The standard InChI is InChI=1S/C24H26F4N4O8S2/c1-9-11(19(35)39-7)15(41-13(9)17(33)31(3)4)29-21(37)23(25,26)24(27,28)22(38)30-16-12(20(36)40-8)10(2)14(42-16)18(34)32(5)6/h1-8H3,(H,29,37)(H,30,38). The summed E-state index contributed by atoms with van der Waals surface area (Å²) in [5, 5.41) is 1.61. The summed E-state index contributed by atoms with van der Waals surface area (Å²) in [6.07, 6.45) is 0. The number of rotatable bonds is 9. The Hall–Kier alpha value is -4.06. The Morgan fingerprint density at radius 2 is 0.929 bits per heavy atom. The first-order valence-electron chi connectivity index (χ1n) is 11.5. The highest BCUT2D eigenvalue weighted by molar-refractivity contribution is 7.19. The van der Waals surface area contributed by atoms with Gasteiger partial charge in [-0.05, 0) is 25.0 Å². The van der Waals surface area contributed by atoms with Gasteiger partial charge in [-0.3, -0.25) is 19.2 Å². The van der Waals surface area contributed by atoms with E-state index in [1.54, 1.807) is 0 Å². The monoisotopic (exact) mass is 638 g/mol. The van der Waals surface area contributed by atoms with Crippen LogP contribution in [0.1, 0.15) is 51.2 Å². The Morgan fingerprint density at radius 3 is 1.17 bits per heavy atom. The lowest BCUT2D eigenvalue weighted by Gasteiger charge is -2.24. The lowest BCUT2D eigenvalue weighted by Crippen LogP contribution is -2.56. The number of hydrogen-bond acceptors (Lipinski definition) is 10. The second-order valence-corrected chi connectivity index (χ2v) is 11.0. The number of carbonyl (C=O) groups is 6. The van der Waals surface area contributed by atoms with E-state index in [-0.39, 0.29) is 20.9 Å². The van der Waals surface area contributed by atoms with Crippen LogP contribution in [0.15, 0.2) is 0 Å². The molecule has 18 heteroatoms. The molecule has 0 spiro atoms. The summed E-state index contributed by atoms with van der Waals surface area (Å²) in [5.41, 5.74) is -1.20. The first-order chi connectivity index (χ1) is 19.3. The first-order valence-corrected chi connectivity index (χ1v) is 13.1. The van der Waals surface area contributed by atoms with Gasteiger partial charge in [0.1, 0.15) is 10.0 Å². The molecule has 0 radical (unpaired) electrons. The molecule has 0 aliphatic carbocycles. The van der Waals surface area contributed by atoms with Gasteiger partial charge in [-0.25, -0.2) is 9.59 Å². The number of hydrogen-bond donors (Lipinski definition) is 2. The molecule has 0 unspecified atom stereocenters. The van der Waals surface area contributed by atoms with E-state index in [1.807, 2.05) is 0 Å². The Balaban J connectivity index is 2.50. The highest BCUT2D eigenvalue weighted by Gasteiger charge is 2.67. The zero-order chi connectivity index (χ0) is 32.5. The zero-order valence-corrected chi connectivity index (χ0v) is 25.1. The predicted octanol–water partition coefficient (Wildman–Crippen LogP) is 3.25. The van der Waals surface area contributed by atoms with Crippen molar-refractivity contribution in [2.75, 3.05) is 53.0 Å². The molecule has 0 saturated heterocycles. The van der Waals surface area contributed by atoms with E-state index >= 15 is 0 Å². The maximum atomic E-state index is 14.9. The molecule has 230 valence electrons. The van der Waals surface area contributed by atoms with Crippen molar-refractivity contribution in [3.05, 3.63) is 32.0 Å². The van der Waals surface area contributed by atoms with Crippen LogP contribution < -0.4 is 10.6 Å². The topological polar surface area (TPSA) is 151 Å². The van der Waals surface area contributed by atoms with Crippen molar-refractivity contribution in [3.8, 4) is 0 Å². The van der Waals surface area contributed by atoms with E-state index in [9.17, 15) is 46.3 Å². The molecule has 0 saturated carbocycles. The van der Waals surface area contributed by atoms with E-state index in [2.05, 4.69) is 9.47 Å². The first kappa shape index (κ1) is 34.1. The van der Waals surface area contributed by atoms with Crippen molar-refractivity contribution in [2.45, 2.75) is 25.7 Å². The molecule has 0 atom stereocenters. The summed E-state index contributed by atoms with van der Waals surface area (Å²) < 4.78 is 68.8. The zero-order valence-electron chi connectivity index (χ0n) is 23.5. The minimum atomic E-state index is -5.73. The summed E-state index contributed by atoms with van der Waals surface area (Å²) >= 11 is 0.722. The van der Waals surface area contributed by atoms with E-state index < -0.39 is 68.5 Å². The molecule has 2 aromatic rings. The van der Waals surface area contributed by atoms with Gasteiger partial charge in [0.05, 0.1) is 35.1 Å². The van der Waals surface area contributed by atoms with Crippen molar-refractivity contribution in [1.82, 2.24) is 9.80 Å². The van der Waals surface area contributed by atoms with Gasteiger partial charge in [0.2, 0.25) is 0 Å². The van der Waals surface area contributed by atoms with Crippen LogP contribution in [0.25, 0.3) is 0 Å². The minimum absolute atomic E-state index is 0.0693. The normalized spacial score (nSPS) is 11.4. The van der Waals surface area contributed by atoms with Crippen LogP contribution in [0.5, 0.6) is 0 Å². The molecule has 0 aliphatic heterocycles. The number of methoxy groups -OCH3 is 2. The maximum Gasteiger partial charge on any atom is 0.396 e. The van der Waals surface area contributed by atoms with Crippen LogP contribution in [-0.2, 0) is 19.1 Å². The molecule has 2 heterocycles. The number of esters is 2. The smallest absolute Gasteiger partial charge is 0.396 e. The summed E-state index contributed by atoms with van der Waals surface area (Å²) in [6, 6.07) is 0. The lowest BCUT2D eigenvalue weighted by atomic mass is 10.1. The Labute approximate surface area is 244 Å².